The minimum Gasteiger partial charge on any atom is -0.507 e. The Hall–Kier alpha value is -2.54. The minimum absolute atomic E-state index is 0.0530. The molecule has 0 heterocycles. The number of phenolic OH excluding ortho intramolecular Hbond substituents is 1. The maximum absolute atomic E-state index is 13.4. The van der Waals surface area contributed by atoms with Crippen LogP contribution in [0.4, 0.5) is 4.39 Å². The van der Waals surface area contributed by atoms with Crippen LogP contribution in [0.25, 0.3) is 0 Å². The first kappa shape index (κ1) is 15.8. The molecule has 2 aromatic rings. The molecule has 0 saturated heterocycles. The molecule has 5 nitrogen and oxygen atoms in total. The van der Waals surface area contributed by atoms with E-state index in [9.17, 15) is 19.6 Å². The van der Waals surface area contributed by atoms with Crippen LogP contribution in [0.15, 0.2) is 42.5 Å². The van der Waals surface area contributed by atoms with Crippen LogP contribution in [0, 0.1) is 22.9 Å². The minimum atomic E-state index is -0.645. The number of aryl methyl sites for hydroxylation is 1. The summed E-state index contributed by atoms with van der Waals surface area (Å²) in [4.78, 5) is 11.1. The summed E-state index contributed by atoms with van der Waals surface area (Å²) in [7, 11) is 0. The van der Waals surface area contributed by atoms with Crippen molar-refractivity contribution >= 4 is 17.2 Å². The summed E-state index contributed by atoms with van der Waals surface area (Å²) in [6.07, 6.45) is 0. The predicted molar refractivity (Wildman–Crippen MR) is 83.5 cm³/mol. The van der Waals surface area contributed by atoms with Crippen LogP contribution in [-0.4, -0.2) is 20.1 Å². The third kappa shape index (κ3) is 3.37. The standard InChI is InChI=1S/C15H13FN2O3S/c1-10-7-12(14(19)8-13(10)16)15(22)17(18(20)21)9-11-5-3-2-4-6-11/h2-8,19H,9H2,1H3. The molecule has 2 aromatic carbocycles. The predicted octanol–water partition coefficient (Wildman–Crippen LogP) is 3.21. The lowest BCUT2D eigenvalue weighted by Crippen LogP contribution is -2.35. The summed E-state index contributed by atoms with van der Waals surface area (Å²) in [5.41, 5.74) is 1.000. The van der Waals surface area contributed by atoms with Crippen molar-refractivity contribution in [3.63, 3.8) is 0 Å². The highest BCUT2D eigenvalue weighted by Crippen LogP contribution is 2.24. The molecule has 0 saturated carbocycles. The number of thiocarbonyl (C=S) groups is 1. The van der Waals surface area contributed by atoms with Gasteiger partial charge in [0.1, 0.15) is 18.1 Å². The molecular formula is C15H13FN2O3S. The highest BCUT2D eigenvalue weighted by atomic mass is 32.1. The lowest BCUT2D eigenvalue weighted by Gasteiger charge is -2.16. The van der Waals surface area contributed by atoms with Crippen molar-refractivity contribution < 1.29 is 14.5 Å². The van der Waals surface area contributed by atoms with Gasteiger partial charge in [-0.15, -0.1) is 0 Å². The van der Waals surface area contributed by atoms with Crippen molar-refractivity contribution in [1.82, 2.24) is 5.01 Å². The molecule has 0 unspecified atom stereocenters. The number of hydrogen-bond acceptors (Lipinski definition) is 4. The van der Waals surface area contributed by atoms with E-state index in [0.717, 1.165) is 11.1 Å². The number of hydrogen-bond donors (Lipinski definition) is 1. The second kappa shape index (κ2) is 6.48. The normalized spacial score (nSPS) is 10.3. The summed E-state index contributed by atoms with van der Waals surface area (Å²) in [5.74, 6) is -1.02. The number of benzene rings is 2. The van der Waals surface area contributed by atoms with Gasteiger partial charge in [0.25, 0.3) is 0 Å². The lowest BCUT2D eigenvalue weighted by atomic mass is 10.1. The lowest BCUT2D eigenvalue weighted by molar-refractivity contribution is -0.631. The number of hydrazine groups is 1. The largest absolute Gasteiger partial charge is 0.507 e. The van der Waals surface area contributed by atoms with E-state index in [1.54, 1.807) is 30.3 Å². The molecule has 0 atom stereocenters. The Bertz CT molecular complexity index is 722. The summed E-state index contributed by atoms with van der Waals surface area (Å²) in [6.45, 7) is 1.44. The Balaban J connectivity index is 2.35. The molecular weight excluding hydrogens is 307 g/mol. The smallest absolute Gasteiger partial charge is 0.179 e. The van der Waals surface area contributed by atoms with Gasteiger partial charge < -0.3 is 5.11 Å². The Morgan fingerprint density at radius 1 is 1.36 bits per heavy atom. The Morgan fingerprint density at radius 2 is 2.00 bits per heavy atom. The molecule has 22 heavy (non-hydrogen) atoms. The first-order valence-electron chi connectivity index (χ1n) is 6.39. The van der Waals surface area contributed by atoms with E-state index in [1.807, 2.05) is 0 Å². The van der Waals surface area contributed by atoms with Gasteiger partial charge in [0.2, 0.25) is 0 Å². The first-order chi connectivity index (χ1) is 10.4. The Morgan fingerprint density at radius 3 is 2.59 bits per heavy atom. The number of halogens is 1. The topological polar surface area (TPSA) is 66.6 Å². The Labute approximate surface area is 131 Å². The third-order valence-corrected chi connectivity index (χ3v) is 3.54. The number of nitro groups is 1. The molecule has 0 aromatic heterocycles. The zero-order valence-corrected chi connectivity index (χ0v) is 12.5. The fourth-order valence-electron chi connectivity index (χ4n) is 1.94. The van der Waals surface area contributed by atoms with E-state index >= 15 is 0 Å². The average molecular weight is 320 g/mol. The molecule has 0 bridgehead atoms. The van der Waals surface area contributed by atoms with Gasteiger partial charge in [0.05, 0.1) is 5.56 Å². The van der Waals surface area contributed by atoms with Crippen LogP contribution in [0.3, 0.4) is 0 Å². The Kier molecular flexibility index (Phi) is 4.67. The van der Waals surface area contributed by atoms with Crippen molar-refractivity contribution in [3.8, 4) is 5.75 Å². The third-order valence-electron chi connectivity index (χ3n) is 3.11. The highest BCUT2D eigenvalue weighted by Gasteiger charge is 2.25. The fourth-order valence-corrected chi connectivity index (χ4v) is 2.24. The zero-order valence-electron chi connectivity index (χ0n) is 11.7. The van der Waals surface area contributed by atoms with Crippen molar-refractivity contribution in [2.75, 3.05) is 0 Å². The average Bonchev–Trinajstić information content (AvgIpc) is 2.48. The first-order valence-corrected chi connectivity index (χ1v) is 6.80. The number of phenols is 1. The van der Waals surface area contributed by atoms with Gasteiger partial charge in [0, 0.05) is 6.07 Å². The van der Waals surface area contributed by atoms with E-state index in [-0.39, 0.29) is 22.7 Å². The van der Waals surface area contributed by atoms with Crippen molar-refractivity contribution in [2.45, 2.75) is 13.5 Å². The van der Waals surface area contributed by atoms with E-state index in [4.69, 9.17) is 12.2 Å². The molecule has 0 spiro atoms. The molecule has 0 radical (unpaired) electrons. The molecule has 0 aliphatic heterocycles. The van der Waals surface area contributed by atoms with Gasteiger partial charge in [-0.2, -0.15) is 0 Å². The van der Waals surface area contributed by atoms with Crippen LogP contribution >= 0.6 is 12.2 Å². The molecule has 114 valence electrons. The van der Waals surface area contributed by atoms with Gasteiger partial charge in [-0.1, -0.05) is 47.6 Å². The SMILES string of the molecule is Cc1cc(C(=S)N(Cc2ccccc2)[N+](=O)[O-])c(O)cc1F. The van der Waals surface area contributed by atoms with E-state index in [2.05, 4.69) is 0 Å². The van der Waals surface area contributed by atoms with Crippen molar-refractivity contribution in [3.05, 3.63) is 75.1 Å². The monoisotopic (exact) mass is 320 g/mol. The van der Waals surface area contributed by atoms with Gasteiger partial charge in [0.15, 0.2) is 10.0 Å². The fraction of sp³-hybridized carbons (Fsp3) is 0.133. The highest BCUT2D eigenvalue weighted by molar-refractivity contribution is 7.80. The second-order valence-corrected chi connectivity index (χ2v) is 5.09. The second-order valence-electron chi connectivity index (χ2n) is 4.70. The molecule has 1 N–H and O–H groups in total. The summed E-state index contributed by atoms with van der Waals surface area (Å²) < 4.78 is 13.4. The van der Waals surface area contributed by atoms with Crippen LogP contribution in [-0.2, 0) is 6.54 Å². The van der Waals surface area contributed by atoms with Crippen molar-refractivity contribution in [1.29, 1.82) is 0 Å². The van der Waals surface area contributed by atoms with Crippen LogP contribution < -0.4 is 0 Å². The number of nitrogens with zero attached hydrogens (tertiary/aromatic N) is 2. The van der Waals surface area contributed by atoms with Crippen LogP contribution in [0.2, 0.25) is 0 Å². The number of rotatable bonds is 4. The van der Waals surface area contributed by atoms with Gasteiger partial charge in [-0.05, 0) is 24.1 Å². The van der Waals surface area contributed by atoms with Gasteiger partial charge in [-0.3, -0.25) is 0 Å². The summed E-state index contributed by atoms with van der Waals surface area (Å²) in [6, 6.07) is 11.0. The van der Waals surface area contributed by atoms with E-state index in [1.165, 1.54) is 13.0 Å². The molecule has 0 fully saturated rings. The molecule has 0 aliphatic rings. The van der Waals surface area contributed by atoms with Crippen molar-refractivity contribution in [2.24, 2.45) is 0 Å². The van der Waals surface area contributed by atoms with Gasteiger partial charge >= 0.3 is 0 Å². The van der Waals surface area contributed by atoms with Gasteiger partial charge in [-0.25, -0.2) is 14.5 Å². The maximum atomic E-state index is 13.4. The van der Waals surface area contributed by atoms with E-state index < -0.39 is 16.6 Å². The molecule has 7 heteroatoms. The zero-order chi connectivity index (χ0) is 16.3. The maximum Gasteiger partial charge on any atom is 0.179 e. The molecule has 2 rings (SSSR count). The quantitative estimate of drug-likeness (QED) is 0.532. The van der Waals surface area contributed by atoms with Crippen LogP contribution in [0.5, 0.6) is 5.75 Å². The summed E-state index contributed by atoms with van der Waals surface area (Å²) in [5, 5.41) is 21.2. The number of aromatic hydroxyl groups is 1. The molecule has 0 amide bonds. The summed E-state index contributed by atoms with van der Waals surface area (Å²) >= 11 is 5.11. The van der Waals surface area contributed by atoms with Crippen LogP contribution in [0.1, 0.15) is 16.7 Å². The van der Waals surface area contributed by atoms with E-state index in [0.29, 0.717) is 5.56 Å². The molecule has 0 aliphatic carbocycles.